The number of esters is 1. The Balaban J connectivity index is 2.54. The van der Waals surface area contributed by atoms with Crippen LogP contribution in [-0.4, -0.2) is 10.4 Å². The molecule has 1 heterocycles. The predicted molar refractivity (Wildman–Crippen MR) is 56.0 cm³/mol. The molecule has 0 spiro atoms. The van der Waals surface area contributed by atoms with Gasteiger partial charge in [-0.2, -0.15) is 0 Å². The van der Waals surface area contributed by atoms with Crippen LogP contribution in [0.3, 0.4) is 0 Å². The molecule has 2 nitrogen and oxygen atoms in total. The zero-order valence-corrected chi connectivity index (χ0v) is 9.50. The second-order valence-corrected chi connectivity index (χ2v) is 4.19. The Kier molecular flexibility index (Phi) is 3.55. The second-order valence-electron chi connectivity index (χ2n) is 3.42. The number of rotatable bonds is 3. The molecule has 0 aromatic carbocycles. The van der Waals surface area contributed by atoms with Crippen LogP contribution in [0.1, 0.15) is 20.3 Å². The number of hydrogen-bond donors (Lipinski definition) is 0. The highest BCUT2D eigenvalue weighted by molar-refractivity contribution is 14.1. The van der Waals surface area contributed by atoms with Gasteiger partial charge in [0.15, 0.2) is 0 Å². The molecule has 0 radical (unpaired) electrons. The summed E-state index contributed by atoms with van der Waals surface area (Å²) in [5.41, 5.74) is 0. The number of hydrogen-bond acceptors (Lipinski definition) is 2. The molecule has 1 aliphatic heterocycles. The van der Waals surface area contributed by atoms with Crippen molar-refractivity contribution in [2.75, 3.05) is 4.43 Å². The Morgan fingerprint density at radius 2 is 2.33 bits per heavy atom. The monoisotopic (exact) mass is 280 g/mol. The van der Waals surface area contributed by atoms with Crippen LogP contribution in [0.2, 0.25) is 0 Å². The minimum absolute atomic E-state index is 0.00904. The van der Waals surface area contributed by atoms with Crippen molar-refractivity contribution >= 4 is 28.6 Å². The van der Waals surface area contributed by atoms with Gasteiger partial charge in [-0.05, 0) is 18.4 Å². The third-order valence-electron chi connectivity index (χ3n) is 1.78. The molecule has 0 saturated carbocycles. The number of cyclic esters (lactones) is 1. The summed E-state index contributed by atoms with van der Waals surface area (Å²) in [6.45, 7) is 4.23. The second kappa shape index (κ2) is 4.25. The lowest BCUT2D eigenvalue weighted by Gasteiger charge is -2.06. The van der Waals surface area contributed by atoms with Crippen LogP contribution in [0.15, 0.2) is 11.8 Å². The van der Waals surface area contributed by atoms with Gasteiger partial charge in [-0.1, -0.05) is 36.4 Å². The van der Waals surface area contributed by atoms with E-state index in [-0.39, 0.29) is 11.9 Å². The summed E-state index contributed by atoms with van der Waals surface area (Å²) in [4.78, 5) is 11.2. The summed E-state index contributed by atoms with van der Waals surface area (Å²) in [5, 5.41) is 0. The average Bonchev–Trinajstić information content (AvgIpc) is 2.31. The first kappa shape index (κ1) is 10.0. The zero-order chi connectivity index (χ0) is 9.14. The number of halogens is 1. The smallest absolute Gasteiger partial charge is 0.318 e. The highest BCUT2D eigenvalue weighted by Gasteiger charge is 2.26. The Labute approximate surface area is 86.5 Å². The van der Waals surface area contributed by atoms with Crippen molar-refractivity contribution in [1.29, 1.82) is 0 Å². The number of allylic oxidation sites excluding steroid dienone is 1. The topological polar surface area (TPSA) is 26.3 Å². The standard InChI is InChI=1S/C9H13IO2/c1-6(2)3-7-4-8(5-10)12-9(7)11/h4,6-7H,3,5H2,1-2H3. The normalized spacial score (nSPS) is 22.8. The fraction of sp³-hybridized carbons (Fsp3) is 0.667. The van der Waals surface area contributed by atoms with E-state index in [4.69, 9.17) is 4.74 Å². The van der Waals surface area contributed by atoms with E-state index in [2.05, 4.69) is 36.4 Å². The van der Waals surface area contributed by atoms with Crippen molar-refractivity contribution in [3.63, 3.8) is 0 Å². The molecule has 0 aromatic rings. The van der Waals surface area contributed by atoms with Crippen molar-refractivity contribution < 1.29 is 9.53 Å². The summed E-state index contributed by atoms with van der Waals surface area (Å²) in [6.07, 6.45) is 2.85. The Bertz CT molecular complexity index is 209. The average molecular weight is 280 g/mol. The first-order valence-corrected chi connectivity index (χ1v) is 5.64. The van der Waals surface area contributed by atoms with E-state index in [0.29, 0.717) is 5.92 Å². The quantitative estimate of drug-likeness (QED) is 0.451. The molecule has 1 atom stereocenters. The number of carbonyl (C=O) groups excluding carboxylic acids is 1. The first-order valence-electron chi connectivity index (χ1n) is 4.12. The van der Waals surface area contributed by atoms with Gasteiger partial charge in [-0.15, -0.1) is 0 Å². The SMILES string of the molecule is CC(C)CC1C=C(CI)OC1=O. The summed E-state index contributed by atoms with van der Waals surface area (Å²) in [5.74, 6) is 1.31. The summed E-state index contributed by atoms with van der Waals surface area (Å²) in [7, 11) is 0. The van der Waals surface area contributed by atoms with Crippen LogP contribution in [0.25, 0.3) is 0 Å². The maximum atomic E-state index is 11.2. The summed E-state index contributed by atoms with van der Waals surface area (Å²) >= 11 is 2.20. The van der Waals surface area contributed by atoms with Gasteiger partial charge in [-0.3, -0.25) is 4.79 Å². The molecule has 1 rings (SSSR count). The van der Waals surface area contributed by atoms with E-state index in [0.717, 1.165) is 16.6 Å². The van der Waals surface area contributed by atoms with Gasteiger partial charge in [0.05, 0.1) is 10.3 Å². The van der Waals surface area contributed by atoms with E-state index in [9.17, 15) is 4.79 Å². The fourth-order valence-corrected chi connectivity index (χ4v) is 1.69. The van der Waals surface area contributed by atoms with Crippen molar-refractivity contribution in [2.45, 2.75) is 20.3 Å². The van der Waals surface area contributed by atoms with Gasteiger partial charge < -0.3 is 4.74 Å². The molecule has 1 aliphatic rings. The predicted octanol–water partition coefficient (Wildman–Crippen LogP) is 2.52. The highest BCUT2D eigenvalue weighted by Crippen LogP contribution is 2.24. The summed E-state index contributed by atoms with van der Waals surface area (Å²) in [6, 6.07) is 0. The molecule has 12 heavy (non-hydrogen) atoms. The van der Waals surface area contributed by atoms with Crippen LogP contribution in [-0.2, 0) is 9.53 Å². The highest BCUT2D eigenvalue weighted by atomic mass is 127. The maximum Gasteiger partial charge on any atom is 0.318 e. The number of ether oxygens (including phenoxy) is 1. The zero-order valence-electron chi connectivity index (χ0n) is 7.34. The summed E-state index contributed by atoms with van der Waals surface area (Å²) < 4.78 is 5.83. The van der Waals surface area contributed by atoms with E-state index in [1.54, 1.807) is 0 Å². The largest absolute Gasteiger partial charge is 0.430 e. The molecule has 0 aromatic heterocycles. The van der Waals surface area contributed by atoms with Gasteiger partial charge >= 0.3 is 5.97 Å². The molecule has 0 amide bonds. The van der Waals surface area contributed by atoms with E-state index >= 15 is 0 Å². The van der Waals surface area contributed by atoms with E-state index in [1.807, 2.05) is 6.08 Å². The molecule has 1 unspecified atom stereocenters. The van der Waals surface area contributed by atoms with Crippen LogP contribution >= 0.6 is 22.6 Å². The Hall–Kier alpha value is -0.0600. The lowest BCUT2D eigenvalue weighted by atomic mass is 9.98. The lowest BCUT2D eigenvalue weighted by molar-refractivity contribution is -0.140. The van der Waals surface area contributed by atoms with Crippen LogP contribution < -0.4 is 0 Å². The molecular formula is C9H13IO2. The van der Waals surface area contributed by atoms with Gasteiger partial charge in [0.2, 0.25) is 0 Å². The van der Waals surface area contributed by atoms with Gasteiger partial charge in [0, 0.05) is 0 Å². The number of carbonyl (C=O) groups is 1. The molecule has 68 valence electrons. The van der Waals surface area contributed by atoms with Crippen LogP contribution in [0.4, 0.5) is 0 Å². The van der Waals surface area contributed by atoms with E-state index in [1.165, 1.54) is 0 Å². The third kappa shape index (κ3) is 2.47. The van der Waals surface area contributed by atoms with Gasteiger partial charge in [-0.25, -0.2) is 0 Å². The minimum atomic E-state index is -0.0737. The van der Waals surface area contributed by atoms with Gasteiger partial charge in [0.1, 0.15) is 5.76 Å². The molecule has 0 aliphatic carbocycles. The molecule has 3 heteroatoms. The first-order chi connectivity index (χ1) is 5.63. The Morgan fingerprint density at radius 3 is 2.75 bits per heavy atom. The molecule has 0 bridgehead atoms. The van der Waals surface area contributed by atoms with E-state index < -0.39 is 0 Å². The Morgan fingerprint density at radius 1 is 1.67 bits per heavy atom. The van der Waals surface area contributed by atoms with Crippen molar-refractivity contribution in [1.82, 2.24) is 0 Å². The van der Waals surface area contributed by atoms with Crippen LogP contribution in [0.5, 0.6) is 0 Å². The van der Waals surface area contributed by atoms with Gasteiger partial charge in [0.25, 0.3) is 0 Å². The molecule has 0 saturated heterocycles. The maximum absolute atomic E-state index is 11.2. The molecular weight excluding hydrogens is 267 g/mol. The third-order valence-corrected chi connectivity index (χ3v) is 2.53. The van der Waals surface area contributed by atoms with Crippen molar-refractivity contribution in [3.8, 4) is 0 Å². The van der Waals surface area contributed by atoms with Crippen molar-refractivity contribution in [2.24, 2.45) is 11.8 Å². The fourth-order valence-electron chi connectivity index (χ4n) is 1.28. The number of alkyl halides is 1. The molecule has 0 fully saturated rings. The van der Waals surface area contributed by atoms with Crippen LogP contribution in [0, 0.1) is 11.8 Å². The lowest BCUT2D eigenvalue weighted by Crippen LogP contribution is -2.10. The van der Waals surface area contributed by atoms with Crippen molar-refractivity contribution in [3.05, 3.63) is 11.8 Å². The molecule has 0 N–H and O–H groups in total. The minimum Gasteiger partial charge on any atom is -0.430 e.